The standard InChI is InChI=1S/C16H12N2O8/c19-11-7(15(23)24)3-1-5-9(11)17-13(21)14(22)18-10-6-2-4-8(12(10)20)16(25)26/h1-6,19-20H,(H,17,21)(H,18,22)(H,23,24)(H,25,26). The van der Waals surface area contributed by atoms with Gasteiger partial charge >= 0.3 is 23.8 Å². The average molecular weight is 360 g/mol. The normalized spacial score (nSPS) is 10.0. The van der Waals surface area contributed by atoms with E-state index in [1.54, 1.807) is 0 Å². The first kappa shape index (κ1) is 18.3. The number of aromatic hydroxyl groups is 2. The van der Waals surface area contributed by atoms with Crippen molar-refractivity contribution < 1.29 is 39.6 Å². The number of carboxylic acid groups (broad SMARTS) is 2. The molecule has 2 aromatic carbocycles. The van der Waals surface area contributed by atoms with Crippen molar-refractivity contribution in [3.63, 3.8) is 0 Å². The summed E-state index contributed by atoms with van der Waals surface area (Å²) in [6.07, 6.45) is 0. The van der Waals surface area contributed by atoms with Gasteiger partial charge < -0.3 is 31.1 Å². The van der Waals surface area contributed by atoms with Gasteiger partial charge in [0.25, 0.3) is 0 Å². The molecule has 26 heavy (non-hydrogen) atoms. The number of carbonyl (C=O) groups excluding carboxylic acids is 2. The monoisotopic (exact) mass is 360 g/mol. The second-order valence-electron chi connectivity index (χ2n) is 4.92. The molecule has 0 spiro atoms. The maximum absolute atomic E-state index is 11.9. The van der Waals surface area contributed by atoms with E-state index in [1.165, 1.54) is 24.3 Å². The molecule has 0 unspecified atom stereocenters. The van der Waals surface area contributed by atoms with Gasteiger partial charge in [-0.05, 0) is 24.3 Å². The van der Waals surface area contributed by atoms with E-state index in [0.717, 1.165) is 12.1 Å². The molecule has 0 fully saturated rings. The number of aromatic carboxylic acids is 2. The predicted octanol–water partition coefficient (Wildman–Crippen LogP) is 1.07. The fourth-order valence-corrected chi connectivity index (χ4v) is 1.99. The summed E-state index contributed by atoms with van der Waals surface area (Å²) in [4.78, 5) is 45.7. The molecule has 0 radical (unpaired) electrons. The summed E-state index contributed by atoms with van der Waals surface area (Å²) < 4.78 is 0. The van der Waals surface area contributed by atoms with Crippen molar-refractivity contribution >= 4 is 35.1 Å². The quantitative estimate of drug-likeness (QED) is 0.347. The largest absolute Gasteiger partial charge is 0.505 e. The number of benzene rings is 2. The van der Waals surface area contributed by atoms with Crippen molar-refractivity contribution in [1.29, 1.82) is 0 Å². The van der Waals surface area contributed by atoms with Crippen molar-refractivity contribution in [1.82, 2.24) is 0 Å². The number of para-hydroxylation sites is 2. The number of hydrogen-bond donors (Lipinski definition) is 6. The Morgan fingerprint density at radius 3 is 1.31 bits per heavy atom. The molecular weight excluding hydrogens is 348 g/mol. The topological polar surface area (TPSA) is 173 Å². The van der Waals surface area contributed by atoms with Gasteiger partial charge in [-0.25, -0.2) is 9.59 Å². The van der Waals surface area contributed by atoms with Crippen LogP contribution < -0.4 is 10.6 Å². The van der Waals surface area contributed by atoms with E-state index >= 15 is 0 Å². The number of phenols is 2. The molecule has 2 amide bonds. The Balaban J connectivity index is 2.18. The fourth-order valence-electron chi connectivity index (χ4n) is 1.99. The summed E-state index contributed by atoms with van der Waals surface area (Å²) in [5, 5.41) is 41.4. The van der Waals surface area contributed by atoms with Crippen molar-refractivity contribution in [2.45, 2.75) is 0 Å². The molecule has 0 atom stereocenters. The van der Waals surface area contributed by atoms with E-state index in [1.807, 2.05) is 10.6 Å². The third-order valence-corrected chi connectivity index (χ3v) is 3.24. The Morgan fingerprint density at radius 2 is 1.00 bits per heavy atom. The molecule has 0 saturated heterocycles. The molecule has 0 bridgehead atoms. The minimum atomic E-state index is -1.43. The van der Waals surface area contributed by atoms with Gasteiger partial charge in [-0.15, -0.1) is 0 Å². The lowest BCUT2D eigenvalue weighted by Crippen LogP contribution is -2.29. The van der Waals surface area contributed by atoms with Crippen molar-refractivity contribution in [3.8, 4) is 11.5 Å². The summed E-state index contributed by atoms with van der Waals surface area (Å²) in [5.41, 5.74) is -1.58. The Kier molecular flexibility index (Phi) is 5.07. The average Bonchev–Trinajstić information content (AvgIpc) is 2.57. The molecule has 0 aliphatic carbocycles. The summed E-state index contributed by atoms with van der Waals surface area (Å²) in [6, 6.07) is 7.05. The van der Waals surface area contributed by atoms with Crippen LogP contribution in [0.15, 0.2) is 36.4 Å². The van der Waals surface area contributed by atoms with E-state index < -0.39 is 46.4 Å². The van der Waals surface area contributed by atoms with Gasteiger partial charge in [0.1, 0.15) is 11.1 Å². The summed E-state index contributed by atoms with van der Waals surface area (Å²) in [7, 11) is 0. The second-order valence-corrected chi connectivity index (χ2v) is 4.92. The molecule has 10 nitrogen and oxygen atoms in total. The third-order valence-electron chi connectivity index (χ3n) is 3.24. The van der Waals surface area contributed by atoms with Crippen molar-refractivity contribution in [2.24, 2.45) is 0 Å². The highest BCUT2D eigenvalue weighted by Crippen LogP contribution is 2.29. The first-order chi connectivity index (χ1) is 12.2. The van der Waals surface area contributed by atoms with Gasteiger partial charge in [-0.3, -0.25) is 9.59 Å². The van der Waals surface area contributed by atoms with Crippen LogP contribution in [0.5, 0.6) is 11.5 Å². The lowest BCUT2D eigenvalue weighted by atomic mass is 10.1. The van der Waals surface area contributed by atoms with Gasteiger partial charge in [0.15, 0.2) is 11.5 Å². The zero-order chi connectivity index (χ0) is 19.4. The van der Waals surface area contributed by atoms with Crippen LogP contribution in [0.4, 0.5) is 11.4 Å². The molecule has 0 aliphatic rings. The van der Waals surface area contributed by atoms with Crippen LogP contribution in [0.3, 0.4) is 0 Å². The van der Waals surface area contributed by atoms with Gasteiger partial charge in [-0.1, -0.05) is 12.1 Å². The molecule has 134 valence electrons. The van der Waals surface area contributed by atoms with Crippen LogP contribution in [-0.4, -0.2) is 44.2 Å². The Bertz CT molecular complexity index is 847. The van der Waals surface area contributed by atoms with Crippen molar-refractivity contribution in [2.75, 3.05) is 10.6 Å². The molecule has 0 aromatic heterocycles. The molecule has 10 heteroatoms. The highest BCUT2D eigenvalue weighted by atomic mass is 16.4. The molecule has 2 aromatic rings. The number of anilines is 2. The highest BCUT2D eigenvalue weighted by Gasteiger charge is 2.21. The molecule has 6 N–H and O–H groups in total. The molecular formula is C16H12N2O8. The second kappa shape index (κ2) is 7.21. The summed E-state index contributed by atoms with van der Waals surface area (Å²) in [5.74, 6) is -6.89. The van der Waals surface area contributed by atoms with Gasteiger partial charge in [0.2, 0.25) is 0 Å². The fraction of sp³-hybridized carbons (Fsp3) is 0. The molecule has 0 saturated carbocycles. The first-order valence-electron chi connectivity index (χ1n) is 6.95. The number of rotatable bonds is 4. The third kappa shape index (κ3) is 3.70. The minimum Gasteiger partial charge on any atom is -0.505 e. The van der Waals surface area contributed by atoms with Crippen LogP contribution in [0.2, 0.25) is 0 Å². The number of amides is 2. The van der Waals surface area contributed by atoms with Gasteiger partial charge in [0.05, 0.1) is 11.4 Å². The summed E-state index contributed by atoms with van der Waals surface area (Å²) >= 11 is 0. The van der Waals surface area contributed by atoms with Crippen molar-refractivity contribution in [3.05, 3.63) is 47.5 Å². The van der Waals surface area contributed by atoms with E-state index in [9.17, 15) is 29.4 Å². The van der Waals surface area contributed by atoms with Crippen LogP contribution in [0, 0.1) is 0 Å². The molecule has 0 heterocycles. The summed E-state index contributed by atoms with van der Waals surface area (Å²) in [6.45, 7) is 0. The Morgan fingerprint density at radius 1 is 0.654 bits per heavy atom. The zero-order valence-electron chi connectivity index (χ0n) is 12.9. The van der Waals surface area contributed by atoms with Crippen LogP contribution in [0.25, 0.3) is 0 Å². The van der Waals surface area contributed by atoms with E-state index in [4.69, 9.17) is 10.2 Å². The van der Waals surface area contributed by atoms with E-state index in [2.05, 4.69) is 0 Å². The first-order valence-corrected chi connectivity index (χ1v) is 6.95. The Hall–Kier alpha value is -4.08. The van der Waals surface area contributed by atoms with Gasteiger partial charge in [0, 0.05) is 0 Å². The lowest BCUT2D eigenvalue weighted by molar-refractivity contribution is -0.133. The van der Waals surface area contributed by atoms with E-state index in [0.29, 0.717) is 0 Å². The van der Waals surface area contributed by atoms with Gasteiger partial charge in [-0.2, -0.15) is 0 Å². The molecule has 0 aliphatic heterocycles. The predicted molar refractivity (Wildman–Crippen MR) is 87.4 cm³/mol. The Labute approximate surface area is 145 Å². The lowest BCUT2D eigenvalue weighted by Gasteiger charge is -2.11. The van der Waals surface area contributed by atoms with Crippen LogP contribution in [0.1, 0.15) is 20.7 Å². The van der Waals surface area contributed by atoms with Crippen LogP contribution in [-0.2, 0) is 9.59 Å². The number of carboxylic acids is 2. The van der Waals surface area contributed by atoms with Crippen LogP contribution >= 0.6 is 0 Å². The smallest absolute Gasteiger partial charge is 0.339 e. The molecule has 2 rings (SSSR count). The number of nitrogens with one attached hydrogen (secondary N) is 2. The maximum atomic E-state index is 11.9. The van der Waals surface area contributed by atoms with E-state index in [-0.39, 0.29) is 11.4 Å². The maximum Gasteiger partial charge on any atom is 0.339 e. The SMILES string of the molecule is O=C(Nc1cccc(C(=O)O)c1O)C(=O)Nc1cccc(C(=O)O)c1O. The minimum absolute atomic E-state index is 0.312. The highest BCUT2D eigenvalue weighted by molar-refractivity contribution is 6.44. The number of carbonyl (C=O) groups is 4. The number of hydrogen-bond acceptors (Lipinski definition) is 6. The zero-order valence-corrected chi connectivity index (χ0v) is 12.9.